The van der Waals surface area contributed by atoms with E-state index in [1.165, 1.54) is 0 Å². The molecule has 2 aromatic rings. The zero-order valence-electron chi connectivity index (χ0n) is 9.14. The highest BCUT2D eigenvalue weighted by molar-refractivity contribution is 6.29. The Hall–Kier alpha value is -1.55. The summed E-state index contributed by atoms with van der Waals surface area (Å²) in [6.45, 7) is 2.52. The topological polar surface area (TPSA) is 39.9 Å². The van der Waals surface area contributed by atoms with Crippen LogP contribution < -0.4 is 4.74 Å². The van der Waals surface area contributed by atoms with Crippen LogP contribution in [0.5, 0.6) is 5.75 Å². The zero-order valence-corrected chi connectivity index (χ0v) is 9.90. The predicted molar refractivity (Wildman–Crippen MR) is 62.6 cm³/mol. The predicted octanol–water partition coefficient (Wildman–Crippen LogP) is 2.53. The van der Waals surface area contributed by atoms with E-state index in [-0.39, 0.29) is 0 Å². The smallest absolute Gasteiger partial charge is 0.132 e. The summed E-state index contributed by atoms with van der Waals surface area (Å²) >= 11 is 5.83. The molecule has 0 unspecified atom stereocenters. The molecule has 0 fully saturated rings. The molecule has 2 heterocycles. The van der Waals surface area contributed by atoms with E-state index in [0.717, 1.165) is 16.9 Å². The molecule has 0 radical (unpaired) electrons. The summed E-state index contributed by atoms with van der Waals surface area (Å²) < 4.78 is 7.26. The molecule has 0 N–H and O–H groups in total. The molecule has 0 aliphatic rings. The van der Waals surface area contributed by atoms with Gasteiger partial charge in [0, 0.05) is 36.6 Å². The normalized spacial score (nSPS) is 10.4. The summed E-state index contributed by atoms with van der Waals surface area (Å²) in [5.41, 5.74) is 1.87. The van der Waals surface area contributed by atoms with Crippen LogP contribution >= 0.6 is 11.6 Å². The molecule has 0 aliphatic carbocycles. The first kappa shape index (κ1) is 11.0. The Morgan fingerprint density at radius 2 is 2.25 bits per heavy atom. The van der Waals surface area contributed by atoms with Crippen molar-refractivity contribution in [1.29, 1.82) is 0 Å². The number of ether oxygens (including phenoxy) is 1. The van der Waals surface area contributed by atoms with Crippen molar-refractivity contribution in [3.8, 4) is 16.9 Å². The Bertz CT molecular complexity index is 496. The maximum atomic E-state index is 5.83. The number of halogens is 1. The van der Waals surface area contributed by atoms with Crippen LogP contribution in [0.25, 0.3) is 11.1 Å². The van der Waals surface area contributed by atoms with E-state index >= 15 is 0 Å². The Morgan fingerprint density at radius 1 is 1.44 bits per heavy atom. The van der Waals surface area contributed by atoms with Gasteiger partial charge < -0.3 is 4.74 Å². The molecule has 84 valence electrons. The van der Waals surface area contributed by atoms with E-state index in [1.807, 2.05) is 20.2 Å². The lowest BCUT2D eigenvalue weighted by molar-refractivity contribution is 0.341. The van der Waals surface area contributed by atoms with Gasteiger partial charge in [0.15, 0.2) is 0 Å². The highest BCUT2D eigenvalue weighted by Crippen LogP contribution is 2.30. The summed E-state index contributed by atoms with van der Waals surface area (Å²) in [5.74, 6) is 0.732. The van der Waals surface area contributed by atoms with E-state index in [4.69, 9.17) is 16.3 Å². The first-order chi connectivity index (χ1) is 7.70. The molecule has 0 spiro atoms. The fourth-order valence-electron chi connectivity index (χ4n) is 1.47. The molecular weight excluding hydrogens is 226 g/mol. The second kappa shape index (κ2) is 4.53. The van der Waals surface area contributed by atoms with Crippen molar-refractivity contribution < 1.29 is 4.74 Å². The minimum Gasteiger partial charge on any atom is -0.493 e. The van der Waals surface area contributed by atoms with Gasteiger partial charge in [-0.3, -0.25) is 4.68 Å². The monoisotopic (exact) mass is 237 g/mol. The Kier molecular flexibility index (Phi) is 3.10. The molecule has 0 saturated heterocycles. The van der Waals surface area contributed by atoms with Crippen LogP contribution in [0.4, 0.5) is 0 Å². The third-order valence-electron chi connectivity index (χ3n) is 2.15. The van der Waals surface area contributed by atoms with Gasteiger partial charge in [-0.2, -0.15) is 5.10 Å². The van der Waals surface area contributed by atoms with Gasteiger partial charge in [-0.1, -0.05) is 11.6 Å². The van der Waals surface area contributed by atoms with Gasteiger partial charge >= 0.3 is 0 Å². The molecule has 16 heavy (non-hydrogen) atoms. The number of rotatable bonds is 3. The maximum absolute atomic E-state index is 5.83. The van der Waals surface area contributed by atoms with Crippen molar-refractivity contribution in [1.82, 2.24) is 14.8 Å². The number of hydrogen-bond acceptors (Lipinski definition) is 3. The van der Waals surface area contributed by atoms with Crippen LogP contribution in [0, 0.1) is 0 Å². The lowest BCUT2D eigenvalue weighted by Gasteiger charge is -2.08. The fraction of sp³-hybridized carbons (Fsp3) is 0.273. The number of hydrogen-bond donors (Lipinski definition) is 0. The van der Waals surface area contributed by atoms with E-state index in [0.29, 0.717) is 11.8 Å². The van der Waals surface area contributed by atoms with Gasteiger partial charge in [-0.15, -0.1) is 0 Å². The minimum atomic E-state index is 0.427. The lowest BCUT2D eigenvalue weighted by atomic mass is 10.1. The molecular formula is C11H12ClN3O. The SMILES string of the molecule is CCOc1cc(Cl)ncc1-c1cnn(C)c1. The number of pyridine rings is 1. The Labute approximate surface area is 98.8 Å². The first-order valence-electron chi connectivity index (χ1n) is 4.98. The molecule has 2 rings (SSSR count). The molecule has 4 nitrogen and oxygen atoms in total. The fourth-order valence-corrected chi connectivity index (χ4v) is 1.61. The van der Waals surface area contributed by atoms with Gasteiger partial charge in [0.1, 0.15) is 10.9 Å². The van der Waals surface area contributed by atoms with Gasteiger partial charge in [-0.25, -0.2) is 4.98 Å². The van der Waals surface area contributed by atoms with Crippen molar-refractivity contribution in [3.05, 3.63) is 29.8 Å². The highest BCUT2D eigenvalue weighted by Gasteiger charge is 2.09. The van der Waals surface area contributed by atoms with Crippen molar-refractivity contribution in [2.75, 3.05) is 6.61 Å². The molecule has 0 bridgehead atoms. The number of aromatic nitrogens is 3. The van der Waals surface area contributed by atoms with Crippen molar-refractivity contribution >= 4 is 11.6 Å². The molecule has 0 saturated carbocycles. The standard InChI is InChI=1S/C11H12ClN3O/c1-3-16-10-4-11(12)13-6-9(10)8-5-14-15(2)7-8/h4-7H,3H2,1-2H3. The summed E-state index contributed by atoms with van der Waals surface area (Å²) in [6.07, 6.45) is 5.38. The molecule has 0 aromatic carbocycles. The number of nitrogens with zero attached hydrogens (tertiary/aromatic N) is 3. The summed E-state index contributed by atoms with van der Waals surface area (Å²) in [4.78, 5) is 4.06. The summed E-state index contributed by atoms with van der Waals surface area (Å²) in [5, 5.41) is 4.54. The largest absolute Gasteiger partial charge is 0.493 e. The minimum absolute atomic E-state index is 0.427. The Balaban J connectivity index is 2.47. The summed E-state index contributed by atoms with van der Waals surface area (Å²) in [7, 11) is 1.87. The van der Waals surface area contributed by atoms with E-state index < -0.39 is 0 Å². The molecule has 2 aromatic heterocycles. The second-order valence-corrected chi connectivity index (χ2v) is 3.73. The van der Waals surface area contributed by atoms with Crippen molar-refractivity contribution in [2.45, 2.75) is 6.92 Å². The molecule has 0 atom stereocenters. The van der Waals surface area contributed by atoms with Gasteiger partial charge in [0.05, 0.1) is 12.8 Å². The van der Waals surface area contributed by atoms with Crippen molar-refractivity contribution in [3.63, 3.8) is 0 Å². The van der Waals surface area contributed by atoms with E-state index in [9.17, 15) is 0 Å². The van der Waals surface area contributed by atoms with Crippen LogP contribution in [0.2, 0.25) is 5.15 Å². The summed E-state index contributed by atoms with van der Waals surface area (Å²) in [6, 6.07) is 1.72. The van der Waals surface area contributed by atoms with Crippen molar-refractivity contribution in [2.24, 2.45) is 7.05 Å². The average molecular weight is 238 g/mol. The van der Waals surface area contributed by atoms with Gasteiger partial charge in [-0.05, 0) is 6.92 Å². The molecule has 0 amide bonds. The highest BCUT2D eigenvalue weighted by atomic mass is 35.5. The van der Waals surface area contributed by atoms with Crippen LogP contribution in [0.15, 0.2) is 24.7 Å². The van der Waals surface area contributed by atoms with Crippen LogP contribution in [0.1, 0.15) is 6.92 Å². The van der Waals surface area contributed by atoms with Crippen LogP contribution in [-0.4, -0.2) is 21.4 Å². The zero-order chi connectivity index (χ0) is 11.5. The average Bonchev–Trinajstić information content (AvgIpc) is 2.65. The van der Waals surface area contributed by atoms with Gasteiger partial charge in [0.25, 0.3) is 0 Å². The van der Waals surface area contributed by atoms with E-state index in [2.05, 4.69) is 10.1 Å². The lowest BCUT2D eigenvalue weighted by Crippen LogP contribution is -1.94. The molecule has 5 heteroatoms. The first-order valence-corrected chi connectivity index (χ1v) is 5.36. The Morgan fingerprint density at radius 3 is 2.88 bits per heavy atom. The second-order valence-electron chi connectivity index (χ2n) is 3.34. The van der Waals surface area contributed by atoms with Crippen LogP contribution in [-0.2, 0) is 7.05 Å². The van der Waals surface area contributed by atoms with E-state index in [1.54, 1.807) is 23.1 Å². The van der Waals surface area contributed by atoms with Crippen LogP contribution in [0.3, 0.4) is 0 Å². The third kappa shape index (κ3) is 2.17. The number of aryl methyl sites for hydroxylation is 1. The maximum Gasteiger partial charge on any atom is 0.132 e. The third-order valence-corrected chi connectivity index (χ3v) is 2.36. The van der Waals surface area contributed by atoms with Gasteiger partial charge in [0.2, 0.25) is 0 Å². The quantitative estimate of drug-likeness (QED) is 0.771. The molecule has 0 aliphatic heterocycles.